The predicted molar refractivity (Wildman–Crippen MR) is 95.5 cm³/mol. The van der Waals surface area contributed by atoms with Crippen molar-refractivity contribution in [1.82, 2.24) is 4.90 Å². The fraction of sp³-hybridized carbons (Fsp3) is 0.316. The Morgan fingerprint density at radius 3 is 2.38 bits per heavy atom. The predicted octanol–water partition coefficient (Wildman–Crippen LogP) is 4.07. The topological polar surface area (TPSA) is 49.8 Å². The van der Waals surface area contributed by atoms with Crippen molar-refractivity contribution >= 4 is 22.0 Å². The molecule has 0 unspecified atom stereocenters. The fourth-order valence-electron chi connectivity index (χ4n) is 2.98. The minimum atomic E-state index is -0.906. The van der Waals surface area contributed by atoms with Gasteiger partial charge in [-0.2, -0.15) is 0 Å². The second kappa shape index (κ2) is 7.36. The molecule has 0 spiro atoms. The van der Waals surface area contributed by atoms with Crippen LogP contribution < -0.4 is 0 Å². The zero-order chi connectivity index (χ0) is 17.0. The summed E-state index contributed by atoms with van der Waals surface area (Å²) in [5, 5.41) is 10.9. The Labute approximate surface area is 150 Å². The van der Waals surface area contributed by atoms with E-state index in [0.29, 0.717) is 25.9 Å². The lowest BCUT2D eigenvalue weighted by molar-refractivity contribution is -0.0260. The van der Waals surface area contributed by atoms with E-state index in [1.54, 1.807) is 4.90 Å². The third-order valence-corrected chi connectivity index (χ3v) is 5.12. The first-order chi connectivity index (χ1) is 11.6. The van der Waals surface area contributed by atoms with E-state index < -0.39 is 5.60 Å². The molecular formula is C19H20BrNO3. The number of amides is 1. The molecule has 126 valence electrons. The van der Waals surface area contributed by atoms with Crippen molar-refractivity contribution in [1.29, 1.82) is 0 Å². The summed E-state index contributed by atoms with van der Waals surface area (Å²) in [6.07, 6.45) is 0.666. The smallest absolute Gasteiger partial charge is 0.410 e. The molecule has 1 fully saturated rings. The van der Waals surface area contributed by atoms with Gasteiger partial charge in [0.15, 0.2) is 0 Å². The minimum absolute atomic E-state index is 0.269. The SMILES string of the molecule is O=C(OCc1ccccc1)N1CCC(O)(c2ccccc2Br)CC1. The number of nitrogens with zero attached hydrogens (tertiary/aromatic N) is 1. The minimum Gasteiger partial charge on any atom is -0.445 e. The molecular weight excluding hydrogens is 370 g/mol. The number of piperidine rings is 1. The van der Waals surface area contributed by atoms with Crippen molar-refractivity contribution in [3.63, 3.8) is 0 Å². The van der Waals surface area contributed by atoms with Crippen LogP contribution >= 0.6 is 15.9 Å². The average Bonchev–Trinajstić information content (AvgIpc) is 2.61. The molecule has 0 atom stereocenters. The summed E-state index contributed by atoms with van der Waals surface area (Å²) >= 11 is 3.50. The summed E-state index contributed by atoms with van der Waals surface area (Å²) in [6.45, 7) is 1.22. The van der Waals surface area contributed by atoms with E-state index in [1.807, 2.05) is 54.6 Å². The highest BCUT2D eigenvalue weighted by Gasteiger charge is 2.37. The van der Waals surface area contributed by atoms with Gasteiger partial charge in [-0.15, -0.1) is 0 Å². The molecule has 5 heteroatoms. The Balaban J connectivity index is 1.56. The second-order valence-corrected chi connectivity index (χ2v) is 6.89. The Kier molecular flexibility index (Phi) is 5.21. The standard InChI is InChI=1S/C19H20BrNO3/c20-17-9-5-4-8-16(17)19(23)10-12-21(13-11-19)18(22)24-14-15-6-2-1-3-7-15/h1-9,23H,10-14H2. The Morgan fingerprint density at radius 1 is 1.08 bits per heavy atom. The van der Waals surface area contributed by atoms with Crippen LogP contribution in [0.3, 0.4) is 0 Å². The molecule has 3 rings (SSSR count). The number of aliphatic hydroxyl groups is 1. The monoisotopic (exact) mass is 389 g/mol. The molecule has 1 heterocycles. The van der Waals surface area contributed by atoms with Crippen LogP contribution in [-0.2, 0) is 16.9 Å². The van der Waals surface area contributed by atoms with Crippen LogP contribution in [0.5, 0.6) is 0 Å². The van der Waals surface area contributed by atoms with E-state index in [9.17, 15) is 9.90 Å². The maximum Gasteiger partial charge on any atom is 0.410 e. The fourth-order valence-corrected chi connectivity index (χ4v) is 3.63. The highest BCUT2D eigenvalue weighted by molar-refractivity contribution is 9.10. The van der Waals surface area contributed by atoms with Crippen molar-refractivity contribution in [2.24, 2.45) is 0 Å². The number of halogens is 1. The van der Waals surface area contributed by atoms with Gasteiger partial charge >= 0.3 is 6.09 Å². The second-order valence-electron chi connectivity index (χ2n) is 6.04. The molecule has 0 bridgehead atoms. The molecule has 1 N–H and O–H groups in total. The van der Waals surface area contributed by atoms with Gasteiger partial charge in [0, 0.05) is 17.6 Å². The Bertz CT molecular complexity index is 697. The largest absolute Gasteiger partial charge is 0.445 e. The number of ether oxygens (including phenoxy) is 1. The molecule has 0 saturated carbocycles. The lowest BCUT2D eigenvalue weighted by Gasteiger charge is -2.38. The quantitative estimate of drug-likeness (QED) is 0.860. The first kappa shape index (κ1) is 17.0. The number of rotatable bonds is 3. The van der Waals surface area contributed by atoms with E-state index in [0.717, 1.165) is 15.6 Å². The highest BCUT2D eigenvalue weighted by atomic mass is 79.9. The number of hydrogen-bond donors (Lipinski definition) is 1. The summed E-state index contributed by atoms with van der Waals surface area (Å²) in [5.41, 5.74) is 0.936. The number of benzene rings is 2. The van der Waals surface area contributed by atoms with Crippen LogP contribution in [0.25, 0.3) is 0 Å². The van der Waals surface area contributed by atoms with E-state index in [1.165, 1.54) is 0 Å². The van der Waals surface area contributed by atoms with Gasteiger partial charge in [-0.3, -0.25) is 0 Å². The third kappa shape index (κ3) is 3.79. The molecule has 1 saturated heterocycles. The van der Waals surface area contributed by atoms with Gasteiger partial charge in [-0.1, -0.05) is 64.5 Å². The number of likely N-dealkylation sites (tertiary alicyclic amines) is 1. The zero-order valence-electron chi connectivity index (χ0n) is 13.3. The number of carbonyl (C=O) groups excluding carboxylic acids is 1. The summed E-state index contributed by atoms with van der Waals surface area (Å²) in [7, 11) is 0. The molecule has 0 aliphatic carbocycles. The van der Waals surface area contributed by atoms with Crippen LogP contribution in [0.2, 0.25) is 0 Å². The zero-order valence-corrected chi connectivity index (χ0v) is 14.9. The van der Waals surface area contributed by atoms with E-state index in [4.69, 9.17) is 4.74 Å². The number of hydrogen-bond acceptors (Lipinski definition) is 3. The van der Waals surface area contributed by atoms with E-state index in [-0.39, 0.29) is 12.7 Å². The van der Waals surface area contributed by atoms with Gasteiger partial charge in [0.25, 0.3) is 0 Å². The van der Waals surface area contributed by atoms with Crippen molar-refractivity contribution < 1.29 is 14.6 Å². The maximum atomic E-state index is 12.2. The van der Waals surface area contributed by atoms with Crippen LogP contribution in [-0.4, -0.2) is 29.2 Å². The first-order valence-corrected chi connectivity index (χ1v) is 8.81. The van der Waals surface area contributed by atoms with Gasteiger partial charge in [0.1, 0.15) is 6.61 Å². The molecule has 1 amide bonds. The average molecular weight is 390 g/mol. The van der Waals surface area contributed by atoms with Crippen LogP contribution in [0, 0.1) is 0 Å². The molecule has 0 radical (unpaired) electrons. The van der Waals surface area contributed by atoms with Crippen molar-refractivity contribution in [3.8, 4) is 0 Å². The lowest BCUT2D eigenvalue weighted by atomic mass is 9.84. The van der Waals surface area contributed by atoms with Crippen LogP contribution in [0.4, 0.5) is 4.79 Å². The molecule has 1 aliphatic heterocycles. The van der Waals surface area contributed by atoms with Gasteiger partial charge in [0.05, 0.1) is 5.60 Å². The van der Waals surface area contributed by atoms with Gasteiger partial charge in [-0.25, -0.2) is 4.79 Å². The molecule has 2 aromatic carbocycles. The van der Waals surface area contributed by atoms with Crippen molar-refractivity contribution in [3.05, 3.63) is 70.2 Å². The van der Waals surface area contributed by atoms with Gasteiger partial charge in [0.2, 0.25) is 0 Å². The third-order valence-electron chi connectivity index (χ3n) is 4.43. The number of carbonyl (C=O) groups is 1. The molecule has 24 heavy (non-hydrogen) atoms. The summed E-state index contributed by atoms with van der Waals surface area (Å²) in [5.74, 6) is 0. The van der Waals surface area contributed by atoms with Gasteiger partial charge < -0.3 is 14.7 Å². The first-order valence-electron chi connectivity index (χ1n) is 8.01. The van der Waals surface area contributed by atoms with E-state index >= 15 is 0 Å². The lowest BCUT2D eigenvalue weighted by Crippen LogP contribution is -2.45. The molecule has 2 aromatic rings. The van der Waals surface area contributed by atoms with Crippen LogP contribution in [0.1, 0.15) is 24.0 Å². The maximum absolute atomic E-state index is 12.2. The highest BCUT2D eigenvalue weighted by Crippen LogP contribution is 2.36. The van der Waals surface area contributed by atoms with Crippen LogP contribution in [0.15, 0.2) is 59.1 Å². The normalized spacial score (nSPS) is 16.7. The molecule has 1 aliphatic rings. The van der Waals surface area contributed by atoms with E-state index in [2.05, 4.69) is 15.9 Å². The van der Waals surface area contributed by atoms with Crippen molar-refractivity contribution in [2.75, 3.05) is 13.1 Å². The summed E-state index contributed by atoms with van der Waals surface area (Å²) in [4.78, 5) is 13.9. The van der Waals surface area contributed by atoms with Crippen molar-refractivity contribution in [2.45, 2.75) is 25.0 Å². The molecule has 0 aromatic heterocycles. The Hall–Kier alpha value is -1.85. The molecule has 4 nitrogen and oxygen atoms in total. The Morgan fingerprint density at radius 2 is 1.71 bits per heavy atom. The van der Waals surface area contributed by atoms with Gasteiger partial charge in [-0.05, 0) is 30.0 Å². The summed E-state index contributed by atoms with van der Waals surface area (Å²) < 4.78 is 6.26. The summed E-state index contributed by atoms with van der Waals surface area (Å²) in [6, 6.07) is 17.3.